The van der Waals surface area contributed by atoms with Crippen molar-refractivity contribution in [3.05, 3.63) is 77.9 Å². The third-order valence-corrected chi connectivity index (χ3v) is 5.80. The largest absolute Gasteiger partial charge is 0.350 e. The number of hydrogen-bond acceptors (Lipinski definition) is 3. The van der Waals surface area contributed by atoms with Gasteiger partial charge in [-0.25, -0.2) is 0 Å². The topological polar surface area (TPSA) is 69.7 Å². The van der Waals surface area contributed by atoms with E-state index in [0.29, 0.717) is 5.56 Å². The van der Waals surface area contributed by atoms with Gasteiger partial charge in [0.05, 0.1) is 5.69 Å². The SMILES string of the molecule is C[C@@H](C(=O)NC(C)(C)C)N(Cc1ccccc1)C(=O)CN1C(=O)c2cccc3cccc1c23. The van der Waals surface area contributed by atoms with Crippen LogP contribution in [0.1, 0.15) is 43.6 Å². The molecule has 3 aromatic rings. The summed E-state index contributed by atoms with van der Waals surface area (Å²) in [5.41, 5.74) is 1.82. The quantitative estimate of drug-likeness (QED) is 0.623. The second-order valence-electron chi connectivity index (χ2n) is 9.49. The van der Waals surface area contributed by atoms with Crippen LogP contribution in [0.25, 0.3) is 10.8 Å². The predicted octanol–water partition coefficient (Wildman–Crippen LogP) is 4.13. The first-order chi connectivity index (χ1) is 15.7. The first-order valence-electron chi connectivity index (χ1n) is 11.1. The maximum absolute atomic E-state index is 13.6. The molecule has 33 heavy (non-hydrogen) atoms. The van der Waals surface area contributed by atoms with Crippen LogP contribution < -0.4 is 10.2 Å². The summed E-state index contributed by atoms with van der Waals surface area (Å²) in [5, 5.41) is 4.79. The number of rotatable bonds is 6. The van der Waals surface area contributed by atoms with Crippen LogP contribution in [0.5, 0.6) is 0 Å². The molecule has 1 N–H and O–H groups in total. The van der Waals surface area contributed by atoms with Gasteiger partial charge in [-0.15, -0.1) is 0 Å². The second-order valence-corrected chi connectivity index (χ2v) is 9.49. The second kappa shape index (κ2) is 8.70. The Morgan fingerprint density at radius 1 is 0.970 bits per heavy atom. The summed E-state index contributed by atoms with van der Waals surface area (Å²) < 4.78 is 0. The maximum atomic E-state index is 13.6. The summed E-state index contributed by atoms with van der Waals surface area (Å²) in [7, 11) is 0. The first-order valence-corrected chi connectivity index (χ1v) is 11.1. The van der Waals surface area contributed by atoms with Crippen LogP contribution in [0.4, 0.5) is 5.69 Å². The molecule has 1 atom stereocenters. The minimum absolute atomic E-state index is 0.132. The average molecular weight is 444 g/mol. The molecule has 0 saturated carbocycles. The minimum atomic E-state index is -0.701. The van der Waals surface area contributed by atoms with Crippen molar-refractivity contribution in [3.8, 4) is 0 Å². The van der Waals surface area contributed by atoms with E-state index in [0.717, 1.165) is 22.0 Å². The van der Waals surface area contributed by atoms with Crippen LogP contribution in [-0.2, 0) is 16.1 Å². The zero-order valence-corrected chi connectivity index (χ0v) is 19.5. The molecule has 0 aromatic heterocycles. The van der Waals surface area contributed by atoms with Crippen LogP contribution in [-0.4, -0.2) is 40.7 Å². The molecular weight excluding hydrogens is 414 g/mol. The molecule has 0 bridgehead atoms. The molecule has 0 fully saturated rings. The van der Waals surface area contributed by atoms with E-state index in [2.05, 4.69) is 5.32 Å². The van der Waals surface area contributed by atoms with Crippen LogP contribution in [0.3, 0.4) is 0 Å². The maximum Gasteiger partial charge on any atom is 0.259 e. The summed E-state index contributed by atoms with van der Waals surface area (Å²) in [6, 6.07) is 20.2. The fraction of sp³-hybridized carbons (Fsp3) is 0.296. The van der Waals surface area contributed by atoms with Crippen molar-refractivity contribution < 1.29 is 14.4 Å². The number of hydrogen-bond donors (Lipinski definition) is 1. The van der Waals surface area contributed by atoms with Gasteiger partial charge in [-0.05, 0) is 50.8 Å². The average Bonchev–Trinajstić information content (AvgIpc) is 3.04. The number of amides is 3. The lowest BCUT2D eigenvalue weighted by atomic mass is 10.1. The highest BCUT2D eigenvalue weighted by Gasteiger charge is 2.34. The molecule has 1 aliphatic heterocycles. The molecule has 0 aliphatic carbocycles. The van der Waals surface area contributed by atoms with Gasteiger partial charge in [-0.1, -0.05) is 54.6 Å². The van der Waals surface area contributed by atoms with Crippen molar-refractivity contribution in [2.75, 3.05) is 11.4 Å². The molecule has 6 heteroatoms. The lowest BCUT2D eigenvalue weighted by Crippen LogP contribution is -2.54. The predicted molar refractivity (Wildman–Crippen MR) is 130 cm³/mol. The summed E-state index contributed by atoms with van der Waals surface area (Å²) >= 11 is 0. The number of nitrogens with one attached hydrogen (secondary N) is 1. The highest BCUT2D eigenvalue weighted by atomic mass is 16.2. The third kappa shape index (κ3) is 4.60. The van der Waals surface area contributed by atoms with Crippen LogP contribution in [0.2, 0.25) is 0 Å². The zero-order valence-electron chi connectivity index (χ0n) is 19.5. The van der Waals surface area contributed by atoms with E-state index in [4.69, 9.17) is 0 Å². The number of carbonyl (C=O) groups is 3. The summed E-state index contributed by atoms with van der Waals surface area (Å²) in [6.07, 6.45) is 0. The number of benzene rings is 3. The van der Waals surface area contributed by atoms with E-state index in [1.807, 2.05) is 81.4 Å². The molecule has 0 saturated heterocycles. The summed E-state index contributed by atoms with van der Waals surface area (Å²) in [6.45, 7) is 7.58. The van der Waals surface area contributed by atoms with Gasteiger partial charge < -0.3 is 10.2 Å². The van der Waals surface area contributed by atoms with Crippen molar-refractivity contribution in [1.29, 1.82) is 0 Å². The normalized spacial score (nSPS) is 13.8. The van der Waals surface area contributed by atoms with Gasteiger partial charge in [0.2, 0.25) is 11.8 Å². The molecule has 0 unspecified atom stereocenters. The van der Waals surface area contributed by atoms with Gasteiger partial charge in [-0.3, -0.25) is 19.3 Å². The zero-order chi connectivity index (χ0) is 23.8. The van der Waals surface area contributed by atoms with Gasteiger partial charge in [-0.2, -0.15) is 0 Å². The fourth-order valence-corrected chi connectivity index (χ4v) is 4.20. The molecule has 4 rings (SSSR count). The summed E-state index contributed by atoms with van der Waals surface area (Å²) in [4.78, 5) is 42.8. The first kappa shape index (κ1) is 22.5. The Morgan fingerprint density at radius 3 is 2.30 bits per heavy atom. The highest BCUT2D eigenvalue weighted by molar-refractivity contribution is 6.26. The van der Waals surface area contributed by atoms with E-state index in [-0.39, 0.29) is 30.8 Å². The number of anilines is 1. The van der Waals surface area contributed by atoms with Gasteiger partial charge in [0.1, 0.15) is 12.6 Å². The van der Waals surface area contributed by atoms with Gasteiger partial charge in [0, 0.05) is 23.0 Å². The molecule has 0 radical (unpaired) electrons. The molecule has 3 amide bonds. The van der Waals surface area contributed by atoms with Crippen LogP contribution in [0.15, 0.2) is 66.7 Å². The Kier molecular flexibility index (Phi) is 5.93. The molecule has 3 aromatic carbocycles. The van der Waals surface area contributed by atoms with Crippen molar-refractivity contribution in [2.45, 2.75) is 45.8 Å². The highest BCUT2D eigenvalue weighted by Crippen LogP contribution is 2.37. The lowest BCUT2D eigenvalue weighted by molar-refractivity contribution is -0.140. The summed E-state index contributed by atoms with van der Waals surface area (Å²) in [5.74, 6) is -0.708. The smallest absolute Gasteiger partial charge is 0.259 e. The van der Waals surface area contributed by atoms with Crippen molar-refractivity contribution in [2.24, 2.45) is 0 Å². The van der Waals surface area contributed by atoms with Crippen molar-refractivity contribution in [1.82, 2.24) is 10.2 Å². The van der Waals surface area contributed by atoms with Crippen molar-refractivity contribution in [3.63, 3.8) is 0 Å². The minimum Gasteiger partial charge on any atom is -0.350 e. The number of nitrogens with zero attached hydrogens (tertiary/aromatic N) is 2. The van der Waals surface area contributed by atoms with Gasteiger partial charge in [0.15, 0.2) is 0 Å². The molecule has 0 spiro atoms. The Labute approximate surface area is 194 Å². The van der Waals surface area contributed by atoms with E-state index in [9.17, 15) is 14.4 Å². The van der Waals surface area contributed by atoms with E-state index >= 15 is 0 Å². The van der Waals surface area contributed by atoms with E-state index in [1.54, 1.807) is 17.9 Å². The molecule has 6 nitrogen and oxygen atoms in total. The van der Waals surface area contributed by atoms with Crippen LogP contribution in [0, 0.1) is 0 Å². The molecule has 170 valence electrons. The number of carbonyl (C=O) groups excluding carboxylic acids is 3. The van der Waals surface area contributed by atoms with Gasteiger partial charge in [0.25, 0.3) is 5.91 Å². The van der Waals surface area contributed by atoms with Crippen LogP contribution >= 0.6 is 0 Å². The Hall–Kier alpha value is -3.67. The molecule has 1 aliphatic rings. The third-order valence-electron chi connectivity index (χ3n) is 5.80. The lowest BCUT2D eigenvalue weighted by Gasteiger charge is -2.32. The molecule has 1 heterocycles. The van der Waals surface area contributed by atoms with E-state index < -0.39 is 11.6 Å². The van der Waals surface area contributed by atoms with E-state index in [1.165, 1.54) is 4.90 Å². The fourth-order valence-electron chi connectivity index (χ4n) is 4.20. The Balaban J connectivity index is 1.62. The van der Waals surface area contributed by atoms with Crippen molar-refractivity contribution >= 4 is 34.2 Å². The Morgan fingerprint density at radius 2 is 1.64 bits per heavy atom. The Bertz CT molecular complexity index is 1210. The van der Waals surface area contributed by atoms with Gasteiger partial charge >= 0.3 is 0 Å². The monoisotopic (exact) mass is 443 g/mol. The molecular formula is C27H29N3O3. The standard InChI is InChI=1S/C27H29N3O3/c1-18(25(32)28-27(2,3)4)29(16-19-10-6-5-7-11-19)23(31)17-30-22-15-9-13-20-12-8-14-21(24(20)22)26(30)33/h5-15,18H,16-17H2,1-4H3,(H,28,32)/t18-/m0/s1.